The Morgan fingerprint density at radius 1 is 0.143 bits per heavy atom. The quantitative estimate of drug-likeness (QED) is 0.277. The number of halogens is 7. The maximum absolute atomic E-state index is 0. The standard InChI is InChI=1S/7FH.7K/h7*1H;;;;;;;/q;;;;;;;7*+1/p-7. The van der Waals surface area contributed by atoms with E-state index in [1.54, 1.807) is 0 Å². The zero-order chi connectivity index (χ0) is 0. The summed E-state index contributed by atoms with van der Waals surface area (Å²) in [4.78, 5) is 0. The van der Waals surface area contributed by atoms with Gasteiger partial charge in [-0.1, -0.05) is 0 Å². The zero-order valence-corrected chi connectivity index (χ0v) is 31.5. The van der Waals surface area contributed by atoms with Crippen molar-refractivity contribution >= 4 is 0 Å². The van der Waals surface area contributed by atoms with Crippen molar-refractivity contribution in [2.24, 2.45) is 0 Å². The fourth-order valence-corrected chi connectivity index (χ4v) is 0. The monoisotopic (exact) mass is 406 g/mol. The molecule has 0 bridgehead atoms. The van der Waals surface area contributed by atoms with Crippen molar-refractivity contribution in [2.45, 2.75) is 0 Å². The van der Waals surface area contributed by atoms with E-state index in [1.807, 2.05) is 0 Å². The van der Waals surface area contributed by atoms with E-state index in [9.17, 15) is 0 Å². The molecule has 0 fully saturated rings. The number of rotatable bonds is 0. The molecule has 14 heavy (non-hydrogen) atoms. The Morgan fingerprint density at radius 3 is 0.143 bits per heavy atom. The summed E-state index contributed by atoms with van der Waals surface area (Å²) in [6.45, 7) is 0. The van der Waals surface area contributed by atoms with Crippen LogP contribution in [0.1, 0.15) is 0 Å². The molecule has 0 aliphatic carbocycles. The SMILES string of the molecule is [F-].[F-].[F-].[F-].[F-].[F-].[F-].[K+].[K+].[K+].[K+].[K+].[K+].[K+]. The fraction of sp³-hybridized carbons (Fsp3) is 0. The second kappa shape index (κ2) is 105. The van der Waals surface area contributed by atoms with Gasteiger partial charge in [-0.3, -0.25) is 0 Å². The number of hydrogen-bond donors (Lipinski definition) is 0. The largest absolute Gasteiger partial charge is 1.00 e. The first kappa shape index (κ1) is 119. The van der Waals surface area contributed by atoms with Crippen LogP contribution in [0, 0.1) is 0 Å². The summed E-state index contributed by atoms with van der Waals surface area (Å²) in [5, 5.41) is 0. The van der Waals surface area contributed by atoms with Crippen molar-refractivity contribution in [2.75, 3.05) is 0 Å². The predicted octanol–water partition coefficient (Wildman–Crippen LogP) is -41.9. The zero-order valence-electron chi connectivity index (χ0n) is 9.65. The minimum absolute atomic E-state index is 0. The molecule has 0 heterocycles. The molecule has 0 spiro atoms. The smallest absolute Gasteiger partial charge is 1.00 e. The molecule has 56 valence electrons. The van der Waals surface area contributed by atoms with Crippen molar-refractivity contribution in [3.63, 3.8) is 0 Å². The van der Waals surface area contributed by atoms with Crippen LogP contribution in [0.5, 0.6) is 0 Å². The molecule has 14 heteroatoms. The summed E-state index contributed by atoms with van der Waals surface area (Å²) < 4.78 is 0. The van der Waals surface area contributed by atoms with Gasteiger partial charge < -0.3 is 32.9 Å². The van der Waals surface area contributed by atoms with E-state index < -0.39 is 0 Å². The molecule has 0 aliphatic rings. The van der Waals surface area contributed by atoms with Crippen LogP contribution < -0.4 is 393 Å². The van der Waals surface area contributed by atoms with Gasteiger partial charge in [0.15, 0.2) is 0 Å². The predicted molar refractivity (Wildman–Crippen MR) is 0 cm³/mol. The van der Waals surface area contributed by atoms with E-state index in [0.717, 1.165) is 0 Å². The van der Waals surface area contributed by atoms with E-state index in [4.69, 9.17) is 0 Å². The summed E-state index contributed by atoms with van der Waals surface area (Å²) in [6, 6.07) is 0. The maximum Gasteiger partial charge on any atom is 1.00 e. The Labute approximate surface area is 377 Å². The Balaban J connectivity index is 0. The van der Waals surface area contributed by atoms with Gasteiger partial charge in [0, 0.05) is 0 Å². The van der Waals surface area contributed by atoms with Gasteiger partial charge in [-0.05, 0) is 0 Å². The third-order valence-corrected chi connectivity index (χ3v) is 0. The van der Waals surface area contributed by atoms with Crippen molar-refractivity contribution in [3.8, 4) is 0 Å². The van der Waals surface area contributed by atoms with Gasteiger partial charge in [0.2, 0.25) is 0 Å². The minimum Gasteiger partial charge on any atom is -1.00 e. The number of hydrogen-bond acceptors (Lipinski definition) is 0. The van der Waals surface area contributed by atoms with Crippen LogP contribution in [-0.4, -0.2) is 0 Å². The Bertz CT molecular complexity index is 14.0. The molecule has 0 N–H and O–H groups in total. The van der Waals surface area contributed by atoms with E-state index in [1.165, 1.54) is 0 Å². The van der Waals surface area contributed by atoms with Crippen LogP contribution in [-0.2, 0) is 0 Å². The van der Waals surface area contributed by atoms with Gasteiger partial charge in [-0.15, -0.1) is 0 Å². The van der Waals surface area contributed by atoms with Crippen LogP contribution >= 0.6 is 0 Å². The van der Waals surface area contributed by atoms with E-state index in [-0.39, 0.29) is 393 Å². The van der Waals surface area contributed by atoms with Crippen molar-refractivity contribution < 1.29 is 393 Å². The Morgan fingerprint density at radius 2 is 0.143 bits per heavy atom. The third kappa shape index (κ3) is 92.2. The summed E-state index contributed by atoms with van der Waals surface area (Å²) in [5.41, 5.74) is 0. The van der Waals surface area contributed by atoms with Crippen LogP contribution in [0.15, 0.2) is 0 Å². The summed E-state index contributed by atoms with van der Waals surface area (Å²) in [7, 11) is 0. The molecule has 0 aromatic carbocycles. The second-order valence-corrected chi connectivity index (χ2v) is 0. The van der Waals surface area contributed by atoms with Crippen LogP contribution in [0.3, 0.4) is 0 Å². The average molecular weight is 407 g/mol. The molecule has 0 rings (SSSR count). The van der Waals surface area contributed by atoms with Gasteiger partial charge in [-0.25, -0.2) is 0 Å². The normalized spacial score (nSPS) is 0. The first-order valence-corrected chi connectivity index (χ1v) is 0. The first-order valence-electron chi connectivity index (χ1n) is 0. The van der Waals surface area contributed by atoms with Crippen LogP contribution in [0.2, 0.25) is 0 Å². The third-order valence-electron chi connectivity index (χ3n) is 0. The Hall–Kier alpha value is 11.0. The van der Waals surface area contributed by atoms with Crippen molar-refractivity contribution in [3.05, 3.63) is 0 Å². The molecule has 0 amide bonds. The van der Waals surface area contributed by atoms with Gasteiger partial charge in [0.05, 0.1) is 0 Å². The van der Waals surface area contributed by atoms with E-state index >= 15 is 0 Å². The minimum atomic E-state index is 0. The van der Waals surface area contributed by atoms with E-state index in [2.05, 4.69) is 0 Å². The average Bonchev–Trinajstić information content (AvgIpc) is 0. The summed E-state index contributed by atoms with van der Waals surface area (Å²) >= 11 is 0. The molecule has 0 aromatic heterocycles. The Kier molecular flexibility index (Phi) is 895. The molecule has 0 aromatic rings. The van der Waals surface area contributed by atoms with E-state index in [0.29, 0.717) is 0 Å². The van der Waals surface area contributed by atoms with Gasteiger partial charge in [0.1, 0.15) is 0 Å². The molecule has 0 saturated heterocycles. The second-order valence-electron chi connectivity index (χ2n) is 0. The summed E-state index contributed by atoms with van der Waals surface area (Å²) in [5.74, 6) is 0. The molecular formula is F7K7. The van der Waals surface area contributed by atoms with Gasteiger partial charge >= 0.3 is 360 Å². The molecule has 0 nitrogen and oxygen atoms in total. The van der Waals surface area contributed by atoms with Gasteiger partial charge in [-0.2, -0.15) is 0 Å². The molecule has 0 atom stereocenters. The molecule has 0 aliphatic heterocycles. The topological polar surface area (TPSA) is 0 Å². The molecule has 0 radical (unpaired) electrons. The molecule has 0 unspecified atom stereocenters. The van der Waals surface area contributed by atoms with Crippen molar-refractivity contribution in [1.82, 2.24) is 0 Å². The van der Waals surface area contributed by atoms with Crippen molar-refractivity contribution in [1.29, 1.82) is 0 Å². The maximum atomic E-state index is 0. The van der Waals surface area contributed by atoms with Crippen LogP contribution in [0.4, 0.5) is 0 Å². The summed E-state index contributed by atoms with van der Waals surface area (Å²) in [6.07, 6.45) is 0. The van der Waals surface area contributed by atoms with Gasteiger partial charge in [0.25, 0.3) is 0 Å². The molecular weight excluding hydrogens is 407 g/mol. The molecule has 0 saturated carbocycles. The first-order chi connectivity index (χ1) is 0. The fourth-order valence-electron chi connectivity index (χ4n) is 0. The van der Waals surface area contributed by atoms with Crippen LogP contribution in [0.25, 0.3) is 0 Å².